The Morgan fingerprint density at radius 2 is 1.46 bits per heavy atom. The number of hydrogen-bond acceptors (Lipinski definition) is 5. The molecule has 4 rings (SSSR count). The summed E-state index contributed by atoms with van der Waals surface area (Å²) < 4.78 is 27.9. The molecule has 204 valence electrons. The highest BCUT2D eigenvalue weighted by Crippen LogP contribution is 2.39. The van der Waals surface area contributed by atoms with Gasteiger partial charge in [0, 0.05) is 19.0 Å². The number of carbonyl (C=O) groups excluding carboxylic acids is 3. The smallest absolute Gasteiger partial charge is 0.263 e. The lowest BCUT2D eigenvalue weighted by atomic mass is 9.85. The van der Waals surface area contributed by atoms with E-state index in [0.29, 0.717) is 23.8 Å². The zero-order chi connectivity index (χ0) is 28.3. The SMILES string of the molecule is C[C@H](N)C(=O)N(C(=O)[C@@H](O)c1cc(F)cc(F)c1)[C@@H]1C(=O)N(C)[C@H](c2ccccc2)CC[C@H]1c1ccccc1. The van der Waals surface area contributed by atoms with Crippen LogP contribution in [0.3, 0.4) is 0 Å². The van der Waals surface area contributed by atoms with Gasteiger partial charge >= 0.3 is 0 Å². The van der Waals surface area contributed by atoms with Gasteiger partial charge < -0.3 is 15.7 Å². The summed E-state index contributed by atoms with van der Waals surface area (Å²) in [6.07, 6.45) is -1.15. The fourth-order valence-electron chi connectivity index (χ4n) is 5.24. The van der Waals surface area contributed by atoms with Crippen molar-refractivity contribution < 1.29 is 28.3 Å². The third-order valence-corrected chi connectivity index (χ3v) is 7.19. The van der Waals surface area contributed by atoms with Crippen LogP contribution in [0.15, 0.2) is 78.9 Å². The number of imide groups is 1. The number of hydrogen-bond donors (Lipinski definition) is 2. The standard InChI is InChI=1S/C30H31F2N3O4/c1-18(33)28(37)35(30(39)27(36)21-15-22(31)17-23(32)16-21)26-24(19-9-5-3-6-10-19)13-14-25(34(2)29(26)38)20-11-7-4-8-12-20/h3-12,15-18,24-27,36H,13-14,33H2,1-2H3/t18-,24-,25-,26-,27-/m0/s1. The largest absolute Gasteiger partial charge is 0.378 e. The van der Waals surface area contributed by atoms with Crippen molar-refractivity contribution in [3.8, 4) is 0 Å². The molecular weight excluding hydrogens is 504 g/mol. The summed E-state index contributed by atoms with van der Waals surface area (Å²) >= 11 is 0. The quantitative estimate of drug-likeness (QED) is 0.499. The summed E-state index contributed by atoms with van der Waals surface area (Å²) in [7, 11) is 1.61. The first-order valence-electron chi connectivity index (χ1n) is 12.7. The zero-order valence-corrected chi connectivity index (χ0v) is 21.7. The Morgan fingerprint density at radius 3 is 2.00 bits per heavy atom. The van der Waals surface area contributed by atoms with E-state index >= 15 is 0 Å². The topological polar surface area (TPSA) is 104 Å². The van der Waals surface area contributed by atoms with Gasteiger partial charge in [-0.05, 0) is 48.6 Å². The first-order valence-corrected chi connectivity index (χ1v) is 12.7. The fourth-order valence-corrected chi connectivity index (χ4v) is 5.24. The second kappa shape index (κ2) is 11.8. The van der Waals surface area contributed by atoms with Crippen molar-refractivity contribution in [3.05, 3.63) is 107 Å². The van der Waals surface area contributed by atoms with Crippen molar-refractivity contribution in [2.24, 2.45) is 5.73 Å². The third kappa shape index (κ3) is 5.89. The van der Waals surface area contributed by atoms with Gasteiger partial charge in [-0.1, -0.05) is 60.7 Å². The Balaban J connectivity index is 1.84. The van der Waals surface area contributed by atoms with Crippen LogP contribution in [-0.4, -0.2) is 51.8 Å². The molecule has 0 unspecified atom stereocenters. The summed E-state index contributed by atoms with van der Waals surface area (Å²) in [6, 6.07) is 17.8. The third-order valence-electron chi connectivity index (χ3n) is 7.19. The average Bonchev–Trinajstić information content (AvgIpc) is 3.05. The lowest BCUT2D eigenvalue weighted by Crippen LogP contribution is -2.58. The van der Waals surface area contributed by atoms with Crippen molar-refractivity contribution in [2.75, 3.05) is 7.05 Å². The molecule has 1 saturated heterocycles. The molecule has 3 aromatic rings. The molecule has 0 saturated carbocycles. The lowest BCUT2D eigenvalue weighted by Gasteiger charge is -2.37. The second-order valence-electron chi connectivity index (χ2n) is 9.86. The highest BCUT2D eigenvalue weighted by atomic mass is 19.1. The van der Waals surface area contributed by atoms with Gasteiger partial charge in [-0.25, -0.2) is 8.78 Å². The highest BCUT2D eigenvalue weighted by Gasteiger charge is 2.47. The summed E-state index contributed by atoms with van der Waals surface area (Å²) in [4.78, 5) is 43.7. The van der Waals surface area contributed by atoms with Crippen LogP contribution in [0.25, 0.3) is 0 Å². The van der Waals surface area contributed by atoms with Crippen LogP contribution in [0.5, 0.6) is 0 Å². The summed E-state index contributed by atoms with van der Waals surface area (Å²) in [5, 5.41) is 10.9. The van der Waals surface area contributed by atoms with Crippen LogP contribution in [0, 0.1) is 11.6 Å². The first-order chi connectivity index (χ1) is 18.6. The molecular formula is C30H31F2N3O4. The van der Waals surface area contributed by atoms with E-state index in [9.17, 15) is 28.3 Å². The lowest BCUT2D eigenvalue weighted by molar-refractivity contribution is -0.160. The van der Waals surface area contributed by atoms with Gasteiger partial charge in [0.05, 0.1) is 12.1 Å². The number of nitrogens with zero attached hydrogens (tertiary/aromatic N) is 2. The van der Waals surface area contributed by atoms with E-state index in [0.717, 1.165) is 23.3 Å². The van der Waals surface area contributed by atoms with E-state index in [1.54, 1.807) is 19.2 Å². The Bertz CT molecular complexity index is 1320. The van der Waals surface area contributed by atoms with Crippen molar-refractivity contribution in [1.82, 2.24) is 9.80 Å². The van der Waals surface area contributed by atoms with Crippen molar-refractivity contribution >= 4 is 17.7 Å². The number of aliphatic hydroxyl groups is 1. The molecule has 9 heteroatoms. The Labute approximate surface area is 225 Å². The van der Waals surface area contributed by atoms with Gasteiger partial charge in [-0.3, -0.25) is 19.3 Å². The molecule has 5 atom stereocenters. The number of likely N-dealkylation sites (N-methyl/N-ethyl adjacent to an activating group) is 1. The molecule has 0 spiro atoms. The predicted molar refractivity (Wildman–Crippen MR) is 141 cm³/mol. The molecule has 3 aromatic carbocycles. The first kappa shape index (κ1) is 28.1. The predicted octanol–water partition coefficient (Wildman–Crippen LogP) is 3.85. The van der Waals surface area contributed by atoms with E-state index in [1.165, 1.54) is 11.8 Å². The minimum absolute atomic E-state index is 0.334. The monoisotopic (exact) mass is 535 g/mol. The summed E-state index contributed by atoms with van der Waals surface area (Å²) in [5.41, 5.74) is 7.16. The molecule has 39 heavy (non-hydrogen) atoms. The highest BCUT2D eigenvalue weighted by molar-refractivity contribution is 6.04. The van der Waals surface area contributed by atoms with Crippen molar-refractivity contribution in [3.63, 3.8) is 0 Å². The minimum atomic E-state index is -2.11. The van der Waals surface area contributed by atoms with Crippen LogP contribution in [0.4, 0.5) is 8.78 Å². The summed E-state index contributed by atoms with van der Waals surface area (Å²) in [6.45, 7) is 1.37. The number of nitrogens with two attached hydrogens (primary N) is 1. The van der Waals surface area contributed by atoms with Gasteiger partial charge in [-0.15, -0.1) is 0 Å². The Hall–Kier alpha value is -3.95. The number of carbonyl (C=O) groups is 3. The molecule has 1 heterocycles. The van der Waals surface area contributed by atoms with Gasteiger partial charge in [0.1, 0.15) is 17.7 Å². The van der Waals surface area contributed by atoms with Gasteiger partial charge in [0.15, 0.2) is 6.10 Å². The molecule has 0 bridgehead atoms. The number of likely N-dealkylation sites (tertiary alicyclic amines) is 1. The number of aliphatic hydroxyl groups excluding tert-OH is 1. The maximum absolute atomic E-state index is 14.2. The van der Waals surface area contributed by atoms with Crippen LogP contribution in [-0.2, 0) is 14.4 Å². The molecule has 0 aliphatic carbocycles. The molecule has 1 aliphatic rings. The Kier molecular flexibility index (Phi) is 8.52. The number of amides is 3. The van der Waals surface area contributed by atoms with Crippen LogP contribution < -0.4 is 5.73 Å². The Morgan fingerprint density at radius 1 is 0.923 bits per heavy atom. The normalized spacial score (nSPS) is 21.1. The molecule has 1 aliphatic heterocycles. The van der Waals surface area contributed by atoms with Crippen molar-refractivity contribution in [2.45, 2.75) is 49.9 Å². The van der Waals surface area contributed by atoms with Crippen LogP contribution in [0.1, 0.15) is 54.5 Å². The molecule has 7 nitrogen and oxygen atoms in total. The van der Waals surface area contributed by atoms with Gasteiger partial charge in [-0.2, -0.15) is 0 Å². The number of rotatable bonds is 6. The molecule has 0 radical (unpaired) electrons. The van der Waals surface area contributed by atoms with E-state index in [1.807, 2.05) is 48.5 Å². The van der Waals surface area contributed by atoms with E-state index < -0.39 is 53.5 Å². The second-order valence-corrected chi connectivity index (χ2v) is 9.86. The van der Waals surface area contributed by atoms with Crippen LogP contribution in [0.2, 0.25) is 0 Å². The van der Waals surface area contributed by atoms with Crippen LogP contribution >= 0.6 is 0 Å². The average molecular weight is 536 g/mol. The number of benzene rings is 3. The van der Waals surface area contributed by atoms with E-state index in [-0.39, 0.29) is 11.6 Å². The minimum Gasteiger partial charge on any atom is -0.378 e. The molecule has 1 fully saturated rings. The number of halogens is 2. The molecule has 0 aromatic heterocycles. The van der Waals surface area contributed by atoms with Gasteiger partial charge in [0.25, 0.3) is 5.91 Å². The summed E-state index contributed by atoms with van der Waals surface area (Å²) in [5.74, 6) is -5.22. The van der Waals surface area contributed by atoms with E-state index in [4.69, 9.17) is 5.73 Å². The van der Waals surface area contributed by atoms with E-state index in [2.05, 4.69) is 0 Å². The zero-order valence-electron chi connectivity index (χ0n) is 21.7. The molecule has 3 N–H and O–H groups in total. The fraction of sp³-hybridized carbons (Fsp3) is 0.300. The van der Waals surface area contributed by atoms with Crippen molar-refractivity contribution in [1.29, 1.82) is 0 Å². The molecule has 3 amide bonds. The van der Waals surface area contributed by atoms with Gasteiger partial charge in [0.2, 0.25) is 11.8 Å². The maximum Gasteiger partial charge on any atom is 0.263 e. The maximum atomic E-state index is 14.2.